The van der Waals surface area contributed by atoms with E-state index in [2.05, 4.69) is 10.7 Å². The van der Waals surface area contributed by atoms with Gasteiger partial charge in [-0.2, -0.15) is 0 Å². The Morgan fingerprint density at radius 2 is 2.00 bits per heavy atom. The number of rotatable bonds is 9. The van der Waals surface area contributed by atoms with Crippen LogP contribution in [0.15, 0.2) is 24.3 Å². The number of amides is 3. The van der Waals surface area contributed by atoms with E-state index in [0.717, 1.165) is 25.7 Å². The number of carboxylic acid groups (broad SMARTS) is 1. The van der Waals surface area contributed by atoms with E-state index in [1.165, 1.54) is 23.2 Å². The number of hydrogen-bond acceptors (Lipinski definition) is 6. The maximum atomic E-state index is 13.2. The maximum Gasteiger partial charge on any atom is 0.335 e. The van der Waals surface area contributed by atoms with Crippen LogP contribution >= 0.6 is 0 Å². The van der Waals surface area contributed by atoms with E-state index in [9.17, 15) is 24.4 Å². The molecule has 1 aromatic carbocycles. The molecule has 2 fully saturated rings. The number of carboxylic acids is 1. The molecule has 1 heterocycles. The number of nitrogens with zero attached hydrogens (tertiary/aromatic N) is 2. The second kappa shape index (κ2) is 10.4. The molecule has 0 bridgehead atoms. The normalized spacial score (nSPS) is 19.8. The van der Waals surface area contributed by atoms with Gasteiger partial charge in [0.1, 0.15) is 6.04 Å². The molecule has 1 aromatic rings. The van der Waals surface area contributed by atoms with Crippen molar-refractivity contribution in [3.05, 3.63) is 29.8 Å². The molecule has 4 N–H and O–H groups in total. The quantitative estimate of drug-likeness (QED) is 0.263. The van der Waals surface area contributed by atoms with Crippen molar-refractivity contribution in [2.24, 2.45) is 11.8 Å². The molecular formula is C21H28N4O6. The minimum Gasteiger partial charge on any atom is -0.478 e. The number of carbonyl (C=O) groups is 4. The van der Waals surface area contributed by atoms with Crippen LogP contribution in [-0.2, 0) is 14.4 Å². The van der Waals surface area contributed by atoms with E-state index in [4.69, 9.17) is 5.11 Å². The molecule has 31 heavy (non-hydrogen) atoms. The van der Waals surface area contributed by atoms with Gasteiger partial charge in [0.15, 0.2) is 0 Å². The highest BCUT2D eigenvalue weighted by atomic mass is 16.5. The zero-order chi connectivity index (χ0) is 22.4. The Kier molecular flexibility index (Phi) is 7.59. The summed E-state index contributed by atoms with van der Waals surface area (Å²) in [5, 5.41) is 23.2. The van der Waals surface area contributed by atoms with Gasteiger partial charge < -0.3 is 10.4 Å². The third-order valence-electron chi connectivity index (χ3n) is 5.90. The molecule has 0 radical (unpaired) electrons. The molecule has 2 atom stereocenters. The van der Waals surface area contributed by atoms with Crippen LogP contribution in [0.1, 0.15) is 48.9 Å². The fourth-order valence-corrected chi connectivity index (χ4v) is 4.36. The van der Waals surface area contributed by atoms with Crippen molar-refractivity contribution in [3.63, 3.8) is 0 Å². The molecular weight excluding hydrogens is 404 g/mol. The number of carbonyl (C=O) groups excluding carboxylic acids is 3. The van der Waals surface area contributed by atoms with Crippen molar-refractivity contribution in [1.82, 2.24) is 15.5 Å². The Balaban J connectivity index is 1.70. The van der Waals surface area contributed by atoms with Crippen molar-refractivity contribution in [2.45, 2.75) is 44.6 Å². The van der Waals surface area contributed by atoms with Crippen LogP contribution in [0, 0.1) is 11.8 Å². The van der Waals surface area contributed by atoms with E-state index >= 15 is 0 Å². The van der Waals surface area contributed by atoms with Gasteiger partial charge in [-0.25, -0.2) is 15.3 Å². The molecule has 1 saturated carbocycles. The molecule has 3 rings (SSSR count). The summed E-state index contributed by atoms with van der Waals surface area (Å²) in [6, 6.07) is 5.10. The minimum atomic E-state index is -1.10. The van der Waals surface area contributed by atoms with E-state index in [0.29, 0.717) is 36.1 Å². The van der Waals surface area contributed by atoms with E-state index in [1.54, 1.807) is 6.07 Å². The lowest BCUT2D eigenvalue weighted by Crippen LogP contribution is -2.51. The molecule has 10 heteroatoms. The summed E-state index contributed by atoms with van der Waals surface area (Å²) in [6.45, 7) is 0.289. The van der Waals surface area contributed by atoms with E-state index < -0.39 is 23.8 Å². The number of hydrazine groups is 1. The van der Waals surface area contributed by atoms with Crippen molar-refractivity contribution < 1.29 is 29.5 Å². The Morgan fingerprint density at radius 3 is 2.68 bits per heavy atom. The summed E-state index contributed by atoms with van der Waals surface area (Å²) in [7, 11) is 0. The molecule has 3 amide bonds. The van der Waals surface area contributed by atoms with Crippen LogP contribution in [-0.4, -0.2) is 63.7 Å². The van der Waals surface area contributed by atoms with Crippen LogP contribution in [0.3, 0.4) is 0 Å². The molecule has 1 aliphatic heterocycles. The first kappa shape index (κ1) is 22.7. The summed E-state index contributed by atoms with van der Waals surface area (Å²) in [4.78, 5) is 48.1. The van der Waals surface area contributed by atoms with E-state index in [1.807, 2.05) is 0 Å². The first-order valence-electron chi connectivity index (χ1n) is 10.5. The average Bonchev–Trinajstić information content (AvgIpc) is 3.45. The number of nitrogens with one attached hydrogen (secondary N) is 2. The summed E-state index contributed by atoms with van der Waals surface area (Å²) in [6.07, 6.45) is 5.42. The maximum absolute atomic E-state index is 13.2. The van der Waals surface area contributed by atoms with Crippen molar-refractivity contribution in [1.29, 1.82) is 0 Å². The number of hydroxylamine groups is 2. The first-order valence-corrected chi connectivity index (χ1v) is 10.5. The summed E-state index contributed by atoms with van der Waals surface area (Å²) >= 11 is 0. The Bertz CT molecular complexity index is 826. The molecule has 10 nitrogen and oxygen atoms in total. The molecule has 2 aliphatic rings. The van der Waals surface area contributed by atoms with Gasteiger partial charge >= 0.3 is 5.97 Å². The fourth-order valence-electron chi connectivity index (χ4n) is 4.36. The summed E-state index contributed by atoms with van der Waals surface area (Å²) in [5.41, 5.74) is 3.31. The molecule has 0 aromatic heterocycles. The van der Waals surface area contributed by atoms with Gasteiger partial charge in [0, 0.05) is 12.2 Å². The summed E-state index contributed by atoms with van der Waals surface area (Å²) in [5.74, 6) is -2.16. The highest BCUT2D eigenvalue weighted by Crippen LogP contribution is 2.31. The van der Waals surface area contributed by atoms with Gasteiger partial charge in [-0.05, 0) is 37.0 Å². The van der Waals surface area contributed by atoms with Crippen molar-refractivity contribution in [3.8, 4) is 0 Å². The minimum absolute atomic E-state index is 0.0452. The first-order chi connectivity index (χ1) is 14.9. The van der Waals surface area contributed by atoms with Crippen molar-refractivity contribution >= 4 is 29.9 Å². The zero-order valence-corrected chi connectivity index (χ0v) is 17.2. The van der Waals surface area contributed by atoms with Crippen LogP contribution in [0.2, 0.25) is 0 Å². The number of hydrogen-bond donors (Lipinski definition) is 4. The van der Waals surface area contributed by atoms with Crippen LogP contribution < -0.4 is 10.7 Å². The van der Waals surface area contributed by atoms with Gasteiger partial charge in [-0.15, -0.1) is 0 Å². The fraction of sp³-hybridized carbons (Fsp3) is 0.524. The second-order valence-corrected chi connectivity index (χ2v) is 8.11. The lowest BCUT2D eigenvalue weighted by molar-refractivity contribution is -0.159. The molecule has 168 valence electrons. The Labute approximate surface area is 180 Å². The van der Waals surface area contributed by atoms with Gasteiger partial charge in [-0.1, -0.05) is 31.7 Å². The zero-order valence-electron chi connectivity index (χ0n) is 17.2. The largest absolute Gasteiger partial charge is 0.478 e. The van der Waals surface area contributed by atoms with Gasteiger partial charge in [0.05, 0.1) is 18.0 Å². The van der Waals surface area contributed by atoms with Gasteiger partial charge in [-0.3, -0.25) is 24.6 Å². The predicted octanol–water partition coefficient (Wildman–Crippen LogP) is 1.47. The molecule has 1 saturated heterocycles. The van der Waals surface area contributed by atoms with Gasteiger partial charge in [0.2, 0.25) is 18.2 Å². The monoisotopic (exact) mass is 432 g/mol. The molecule has 1 aliphatic carbocycles. The third kappa shape index (κ3) is 5.80. The van der Waals surface area contributed by atoms with Crippen molar-refractivity contribution in [2.75, 3.05) is 18.4 Å². The highest BCUT2D eigenvalue weighted by Gasteiger charge is 2.39. The predicted molar refractivity (Wildman–Crippen MR) is 110 cm³/mol. The van der Waals surface area contributed by atoms with Gasteiger partial charge in [0.25, 0.3) is 0 Å². The SMILES string of the molecule is O=CN(O)CC(CC1CCCC1)C(=O)N1NCCC1C(=O)Nc1cccc(C(=O)O)c1. The highest BCUT2D eigenvalue weighted by molar-refractivity contribution is 5.98. The molecule has 0 spiro atoms. The smallest absolute Gasteiger partial charge is 0.335 e. The van der Waals surface area contributed by atoms with E-state index in [-0.39, 0.29) is 24.4 Å². The third-order valence-corrected chi connectivity index (χ3v) is 5.90. The second-order valence-electron chi connectivity index (χ2n) is 8.11. The topological polar surface area (TPSA) is 139 Å². The average molecular weight is 432 g/mol. The summed E-state index contributed by atoms with van der Waals surface area (Å²) < 4.78 is 0. The lowest BCUT2D eigenvalue weighted by Gasteiger charge is -2.30. The van der Waals surface area contributed by atoms with Crippen LogP contribution in [0.4, 0.5) is 5.69 Å². The lowest BCUT2D eigenvalue weighted by atomic mass is 9.92. The van der Waals surface area contributed by atoms with Crippen LogP contribution in [0.25, 0.3) is 0 Å². The standard InChI is InChI=1S/C21H28N4O6/c26-13-24(31)12-16(10-14-4-1-2-5-14)20(28)25-18(8-9-22-25)19(27)23-17-7-3-6-15(11-17)21(29)30/h3,6-7,11,13-14,16,18,22,31H,1-2,4-5,8-10,12H2,(H,23,27)(H,29,30). The Hall–Kier alpha value is -2.98. The number of aromatic carboxylic acids is 1. The Morgan fingerprint density at radius 1 is 1.26 bits per heavy atom. The number of benzene rings is 1. The molecule has 2 unspecified atom stereocenters. The number of anilines is 1. The van der Waals surface area contributed by atoms with Crippen LogP contribution in [0.5, 0.6) is 0 Å².